The molecule has 1 unspecified atom stereocenters. The molecule has 1 atom stereocenters. The molecule has 106 valence electrons. The average molecular weight is 282 g/mol. The Morgan fingerprint density at radius 1 is 1.37 bits per heavy atom. The Hall–Kier alpha value is -1.07. The summed E-state index contributed by atoms with van der Waals surface area (Å²) in [4.78, 5) is 2.62. The minimum atomic E-state index is -3.18. The van der Waals surface area contributed by atoms with Gasteiger partial charge in [0.25, 0.3) is 0 Å². The van der Waals surface area contributed by atoms with Crippen LogP contribution < -0.4 is 10.2 Å². The van der Waals surface area contributed by atoms with E-state index in [1.165, 1.54) is 6.26 Å². The molecule has 0 aromatic heterocycles. The first-order valence-corrected chi connectivity index (χ1v) is 8.43. The maximum absolute atomic E-state index is 11.9. The Morgan fingerprint density at radius 3 is 2.68 bits per heavy atom. The Bertz CT molecular complexity index is 556. The lowest BCUT2D eigenvalue weighted by atomic mass is 9.90. The fraction of sp³-hybridized carbons (Fsp3) is 0.571. The predicted molar refractivity (Wildman–Crippen MR) is 78.4 cm³/mol. The van der Waals surface area contributed by atoms with E-state index in [2.05, 4.69) is 17.1 Å². The number of hydrogen-bond donors (Lipinski definition) is 1. The highest BCUT2D eigenvalue weighted by molar-refractivity contribution is 7.90. The van der Waals surface area contributed by atoms with Crippen LogP contribution in [0.5, 0.6) is 0 Å². The van der Waals surface area contributed by atoms with Crippen LogP contribution in [0.25, 0.3) is 0 Å². The van der Waals surface area contributed by atoms with Crippen molar-refractivity contribution >= 4 is 15.5 Å². The summed E-state index contributed by atoms with van der Waals surface area (Å²) in [5, 5.41) is 3.22. The lowest BCUT2D eigenvalue weighted by Gasteiger charge is -2.26. The zero-order chi connectivity index (χ0) is 14.1. The fourth-order valence-corrected chi connectivity index (χ4v) is 3.74. The molecule has 1 fully saturated rings. The zero-order valence-corrected chi connectivity index (χ0v) is 12.6. The van der Waals surface area contributed by atoms with Crippen molar-refractivity contribution in [3.05, 3.63) is 24.3 Å². The van der Waals surface area contributed by atoms with Gasteiger partial charge in [-0.3, -0.25) is 0 Å². The molecule has 2 rings (SSSR count). The van der Waals surface area contributed by atoms with E-state index in [0.29, 0.717) is 4.90 Å². The van der Waals surface area contributed by atoms with Crippen molar-refractivity contribution in [2.24, 2.45) is 5.41 Å². The Balaban J connectivity index is 2.30. The van der Waals surface area contributed by atoms with Gasteiger partial charge in [-0.1, -0.05) is 19.1 Å². The van der Waals surface area contributed by atoms with Crippen LogP contribution in [-0.4, -0.2) is 41.4 Å². The molecule has 1 aliphatic heterocycles. The molecular weight excluding hydrogens is 260 g/mol. The summed E-state index contributed by atoms with van der Waals surface area (Å²) < 4.78 is 23.7. The smallest absolute Gasteiger partial charge is 0.177 e. The van der Waals surface area contributed by atoms with Crippen LogP contribution in [0.15, 0.2) is 29.2 Å². The van der Waals surface area contributed by atoms with Gasteiger partial charge in [-0.05, 0) is 31.0 Å². The highest BCUT2D eigenvalue weighted by Crippen LogP contribution is 2.35. The zero-order valence-electron chi connectivity index (χ0n) is 11.8. The number of sulfone groups is 1. The first-order valence-electron chi connectivity index (χ1n) is 6.54. The van der Waals surface area contributed by atoms with Crippen LogP contribution in [0.1, 0.15) is 13.3 Å². The Kier molecular flexibility index (Phi) is 3.87. The predicted octanol–water partition coefficient (Wildman–Crippen LogP) is 1.53. The molecule has 1 saturated heterocycles. The number of anilines is 1. The lowest BCUT2D eigenvalue weighted by Crippen LogP contribution is -2.33. The number of nitrogens with one attached hydrogen (secondary N) is 1. The van der Waals surface area contributed by atoms with Gasteiger partial charge in [0.15, 0.2) is 9.84 Å². The van der Waals surface area contributed by atoms with Gasteiger partial charge in [0.2, 0.25) is 0 Å². The monoisotopic (exact) mass is 282 g/mol. The normalized spacial score (nSPS) is 23.8. The first-order chi connectivity index (χ1) is 8.86. The second kappa shape index (κ2) is 5.13. The van der Waals surface area contributed by atoms with Crippen LogP contribution >= 0.6 is 0 Å². The molecule has 0 saturated carbocycles. The molecule has 1 aromatic carbocycles. The van der Waals surface area contributed by atoms with Crippen molar-refractivity contribution < 1.29 is 8.42 Å². The number of nitrogens with zero attached hydrogens (tertiary/aromatic N) is 1. The summed E-state index contributed by atoms with van der Waals surface area (Å²) in [6, 6.07) is 7.28. The number of rotatable bonds is 4. The van der Waals surface area contributed by atoms with Gasteiger partial charge in [-0.2, -0.15) is 0 Å². The van der Waals surface area contributed by atoms with Crippen LogP contribution in [-0.2, 0) is 9.84 Å². The minimum Gasteiger partial charge on any atom is -0.370 e. The van der Waals surface area contributed by atoms with Gasteiger partial charge in [0.1, 0.15) is 0 Å². The highest BCUT2D eigenvalue weighted by atomic mass is 32.2. The quantitative estimate of drug-likeness (QED) is 0.910. The van der Waals surface area contributed by atoms with Gasteiger partial charge in [-0.15, -0.1) is 0 Å². The molecule has 0 spiro atoms. The standard InChI is InChI=1S/C14H22N2O2S/c1-14(10-15-2)8-9-16(11-14)12-6-4-5-7-13(12)19(3,17)18/h4-7,15H,8-11H2,1-3H3. The number of benzene rings is 1. The summed E-state index contributed by atoms with van der Waals surface area (Å²) in [5.74, 6) is 0. The van der Waals surface area contributed by atoms with Gasteiger partial charge < -0.3 is 10.2 Å². The van der Waals surface area contributed by atoms with E-state index in [0.717, 1.165) is 31.7 Å². The molecule has 1 aromatic rings. The highest BCUT2D eigenvalue weighted by Gasteiger charge is 2.34. The third-order valence-corrected chi connectivity index (χ3v) is 4.91. The van der Waals surface area contributed by atoms with Gasteiger partial charge >= 0.3 is 0 Å². The van der Waals surface area contributed by atoms with Crippen LogP contribution in [0, 0.1) is 5.41 Å². The van der Waals surface area contributed by atoms with Crippen molar-refractivity contribution in [1.82, 2.24) is 5.32 Å². The molecule has 1 aliphatic rings. The third-order valence-electron chi connectivity index (χ3n) is 3.77. The molecule has 0 aliphatic carbocycles. The molecule has 19 heavy (non-hydrogen) atoms. The van der Waals surface area contributed by atoms with E-state index in [9.17, 15) is 8.42 Å². The maximum atomic E-state index is 11.9. The molecule has 0 amide bonds. The van der Waals surface area contributed by atoms with E-state index in [4.69, 9.17) is 0 Å². The molecule has 0 bridgehead atoms. The molecule has 1 heterocycles. The van der Waals surface area contributed by atoms with Crippen molar-refractivity contribution in [2.45, 2.75) is 18.2 Å². The van der Waals surface area contributed by atoms with Crippen molar-refractivity contribution in [2.75, 3.05) is 37.8 Å². The van der Waals surface area contributed by atoms with Gasteiger partial charge in [0.05, 0.1) is 10.6 Å². The van der Waals surface area contributed by atoms with Crippen molar-refractivity contribution in [1.29, 1.82) is 0 Å². The second-order valence-electron chi connectivity index (χ2n) is 5.75. The van der Waals surface area contributed by atoms with E-state index < -0.39 is 9.84 Å². The first kappa shape index (κ1) is 14.3. The number of para-hydroxylation sites is 1. The lowest BCUT2D eigenvalue weighted by molar-refractivity contribution is 0.356. The largest absolute Gasteiger partial charge is 0.370 e. The molecule has 0 radical (unpaired) electrons. The molecule has 4 nitrogen and oxygen atoms in total. The van der Waals surface area contributed by atoms with E-state index >= 15 is 0 Å². The number of hydrogen-bond acceptors (Lipinski definition) is 4. The van der Waals surface area contributed by atoms with Crippen molar-refractivity contribution in [3.8, 4) is 0 Å². The molecule has 5 heteroatoms. The molecular formula is C14H22N2O2S. The Morgan fingerprint density at radius 2 is 2.05 bits per heavy atom. The fourth-order valence-electron chi connectivity index (χ4n) is 2.83. The van der Waals surface area contributed by atoms with Crippen LogP contribution in [0.2, 0.25) is 0 Å². The average Bonchev–Trinajstić information content (AvgIpc) is 2.71. The summed E-state index contributed by atoms with van der Waals surface area (Å²) >= 11 is 0. The van der Waals surface area contributed by atoms with Crippen LogP contribution in [0.3, 0.4) is 0 Å². The summed E-state index contributed by atoms with van der Waals surface area (Å²) in [6.45, 7) is 4.99. The van der Waals surface area contributed by atoms with Gasteiger partial charge in [-0.25, -0.2) is 8.42 Å². The third kappa shape index (κ3) is 3.09. The van der Waals surface area contributed by atoms with Crippen LogP contribution in [0.4, 0.5) is 5.69 Å². The second-order valence-corrected chi connectivity index (χ2v) is 7.74. The summed E-state index contributed by atoms with van der Waals surface area (Å²) in [5.41, 5.74) is 1.05. The molecule has 1 N–H and O–H groups in total. The maximum Gasteiger partial charge on any atom is 0.177 e. The van der Waals surface area contributed by atoms with Gasteiger partial charge in [0, 0.05) is 25.9 Å². The summed E-state index contributed by atoms with van der Waals surface area (Å²) in [6.07, 6.45) is 2.35. The van der Waals surface area contributed by atoms with E-state index in [1.807, 2.05) is 19.2 Å². The van der Waals surface area contributed by atoms with Crippen molar-refractivity contribution in [3.63, 3.8) is 0 Å². The topological polar surface area (TPSA) is 49.4 Å². The Labute approximate surface area is 115 Å². The van der Waals surface area contributed by atoms with E-state index in [-0.39, 0.29) is 5.41 Å². The summed E-state index contributed by atoms with van der Waals surface area (Å²) in [7, 11) is -1.22. The minimum absolute atomic E-state index is 0.208. The van der Waals surface area contributed by atoms with E-state index in [1.54, 1.807) is 12.1 Å². The SMILES string of the molecule is CNCC1(C)CCN(c2ccccc2S(C)(=O)=O)C1.